The predicted octanol–water partition coefficient (Wildman–Crippen LogP) is 3.17. The van der Waals surface area contributed by atoms with E-state index in [1.165, 1.54) is 6.07 Å². The van der Waals surface area contributed by atoms with Crippen LogP contribution in [0, 0.1) is 11.7 Å². The molecule has 14 nitrogen and oxygen atoms in total. The number of carbonyl (C=O) groups excluding carboxylic acids is 6. The number of benzene rings is 2. The number of amides is 6. The lowest BCUT2D eigenvalue weighted by Gasteiger charge is -2.39. The van der Waals surface area contributed by atoms with Crippen molar-refractivity contribution < 1.29 is 33.2 Å². The molecule has 3 saturated heterocycles. The van der Waals surface area contributed by atoms with Crippen LogP contribution >= 0.6 is 11.6 Å². The quantitative estimate of drug-likeness (QED) is 0.325. The number of carbonyl (C=O) groups is 6. The van der Waals surface area contributed by atoms with Crippen molar-refractivity contribution in [1.82, 2.24) is 25.0 Å². The first-order valence-corrected chi connectivity index (χ1v) is 19.9. The first kappa shape index (κ1) is 37.2. The van der Waals surface area contributed by atoms with Crippen LogP contribution in [-0.4, -0.2) is 120 Å². The van der Waals surface area contributed by atoms with Crippen LogP contribution in [0.5, 0.6) is 0 Å². The Morgan fingerprint density at radius 2 is 1.72 bits per heavy atom. The maximum Gasteiger partial charge on any atom is 0.262 e. The largest absolute Gasteiger partial charge is 0.369 e. The number of rotatable bonds is 8. The van der Waals surface area contributed by atoms with E-state index in [0.29, 0.717) is 56.5 Å². The van der Waals surface area contributed by atoms with E-state index in [2.05, 4.69) is 27.8 Å². The summed E-state index contributed by atoms with van der Waals surface area (Å²) >= 11 is 6.77. The topological polar surface area (TPSA) is 156 Å². The lowest BCUT2D eigenvalue weighted by molar-refractivity contribution is -0.138. The molecule has 0 radical (unpaired) electrons. The Bertz CT molecular complexity index is 2240. The second-order valence-corrected chi connectivity index (χ2v) is 16.4. The normalized spacial score (nSPS) is 23.9. The highest BCUT2D eigenvalue weighted by atomic mass is 35.5. The molecular weight excluding hydrogens is 755 g/mol. The maximum atomic E-state index is 15.5. The second kappa shape index (κ2) is 14.2. The molecule has 4 fully saturated rings. The fraction of sp³-hybridized carbons (Fsp3) is 0.439. The predicted molar refractivity (Wildman–Crippen MR) is 208 cm³/mol. The van der Waals surface area contributed by atoms with Gasteiger partial charge in [-0.1, -0.05) is 23.7 Å². The van der Waals surface area contributed by atoms with Gasteiger partial charge in [0.1, 0.15) is 24.2 Å². The molecule has 6 heterocycles. The van der Waals surface area contributed by atoms with Crippen LogP contribution in [0.2, 0.25) is 5.02 Å². The van der Waals surface area contributed by atoms with Crippen molar-refractivity contribution in [2.45, 2.75) is 56.0 Å². The van der Waals surface area contributed by atoms with Crippen molar-refractivity contribution in [3.63, 3.8) is 0 Å². The Morgan fingerprint density at radius 3 is 2.44 bits per heavy atom. The molecule has 6 amide bonds. The van der Waals surface area contributed by atoms with Gasteiger partial charge in [0.25, 0.3) is 11.8 Å². The van der Waals surface area contributed by atoms with Gasteiger partial charge >= 0.3 is 0 Å². The smallest absolute Gasteiger partial charge is 0.262 e. The molecule has 0 bridgehead atoms. The minimum absolute atomic E-state index is 0.00706. The van der Waals surface area contributed by atoms with Gasteiger partial charge in [-0.05, 0) is 81.0 Å². The summed E-state index contributed by atoms with van der Waals surface area (Å²) in [6, 6.07) is 11.3. The van der Waals surface area contributed by atoms with Crippen molar-refractivity contribution in [2.75, 3.05) is 68.0 Å². The Kier molecular flexibility index (Phi) is 9.27. The monoisotopic (exact) mass is 796 g/mol. The van der Waals surface area contributed by atoms with Gasteiger partial charge in [0.2, 0.25) is 23.6 Å². The second-order valence-electron chi connectivity index (χ2n) is 16.0. The number of imide groups is 2. The minimum Gasteiger partial charge on any atom is -0.369 e. The molecule has 9 rings (SSSR count). The molecular formula is C41H42ClFN8O6. The summed E-state index contributed by atoms with van der Waals surface area (Å²) in [6.07, 6.45) is 5.14. The molecule has 2 aromatic carbocycles. The third-order valence-electron chi connectivity index (χ3n) is 12.7. The molecule has 2 atom stereocenters. The van der Waals surface area contributed by atoms with Crippen LogP contribution in [-0.2, 0) is 24.6 Å². The number of piperazine rings is 1. The highest BCUT2D eigenvalue weighted by Gasteiger charge is 2.53. The van der Waals surface area contributed by atoms with Gasteiger partial charge in [0.15, 0.2) is 0 Å². The van der Waals surface area contributed by atoms with Crippen LogP contribution in [0.1, 0.15) is 70.4 Å². The van der Waals surface area contributed by atoms with Gasteiger partial charge < -0.3 is 20.0 Å². The van der Waals surface area contributed by atoms with Crippen LogP contribution in [0.3, 0.4) is 0 Å². The average Bonchev–Trinajstić information content (AvgIpc) is 3.94. The van der Waals surface area contributed by atoms with Gasteiger partial charge in [-0.25, -0.2) is 9.37 Å². The fourth-order valence-corrected chi connectivity index (χ4v) is 9.85. The molecule has 0 spiro atoms. The van der Waals surface area contributed by atoms with Gasteiger partial charge in [0.05, 0.1) is 23.4 Å². The number of halogens is 2. The van der Waals surface area contributed by atoms with Crippen molar-refractivity contribution in [2.24, 2.45) is 5.92 Å². The number of fused-ring (bicyclic) bond motifs is 2. The summed E-state index contributed by atoms with van der Waals surface area (Å²) in [4.78, 5) is 90.2. The first-order valence-electron chi connectivity index (χ1n) is 19.5. The van der Waals surface area contributed by atoms with E-state index in [-0.39, 0.29) is 66.0 Å². The number of nitrogens with one attached hydrogen (secondary N) is 2. The van der Waals surface area contributed by atoms with Crippen molar-refractivity contribution in [3.8, 4) is 0 Å². The molecule has 2 unspecified atom stereocenters. The van der Waals surface area contributed by atoms with Gasteiger partial charge in [-0.15, -0.1) is 0 Å². The number of aromatic nitrogens is 1. The number of hydrogen-bond acceptors (Lipinski definition) is 10. The van der Waals surface area contributed by atoms with Crippen LogP contribution in [0.25, 0.3) is 0 Å². The molecule has 1 saturated carbocycles. The highest BCUT2D eigenvalue weighted by molar-refractivity contribution is 6.32. The summed E-state index contributed by atoms with van der Waals surface area (Å²) in [6.45, 7) is 2.45. The summed E-state index contributed by atoms with van der Waals surface area (Å²) in [7, 11) is 1.87. The molecule has 2 N–H and O–H groups in total. The lowest BCUT2D eigenvalue weighted by atomic mass is 9.72. The van der Waals surface area contributed by atoms with Crippen LogP contribution < -0.4 is 20.4 Å². The van der Waals surface area contributed by atoms with E-state index in [0.717, 1.165) is 46.4 Å². The number of hydrogen-bond donors (Lipinski definition) is 2. The van der Waals surface area contributed by atoms with Crippen molar-refractivity contribution >= 4 is 64.2 Å². The zero-order valence-corrected chi connectivity index (χ0v) is 32.2. The lowest BCUT2D eigenvalue weighted by Crippen LogP contribution is -2.55. The number of nitrogens with zero attached hydrogens (tertiary/aromatic N) is 6. The zero-order chi connectivity index (χ0) is 39.7. The van der Waals surface area contributed by atoms with Crippen molar-refractivity contribution in [3.05, 3.63) is 81.8 Å². The maximum absolute atomic E-state index is 15.5. The highest BCUT2D eigenvalue weighted by Crippen LogP contribution is 2.57. The number of anilines is 3. The van der Waals surface area contributed by atoms with E-state index < -0.39 is 35.5 Å². The van der Waals surface area contributed by atoms with Gasteiger partial charge in [-0.3, -0.25) is 43.9 Å². The summed E-state index contributed by atoms with van der Waals surface area (Å²) in [5, 5.41) is 6.32. The molecule has 1 aliphatic carbocycles. The molecule has 57 heavy (non-hydrogen) atoms. The molecule has 16 heteroatoms. The number of piperidine rings is 2. The van der Waals surface area contributed by atoms with Gasteiger partial charge in [0, 0.05) is 73.1 Å². The fourth-order valence-electron chi connectivity index (χ4n) is 9.54. The summed E-state index contributed by atoms with van der Waals surface area (Å²) < 4.78 is 15.5. The average molecular weight is 797 g/mol. The van der Waals surface area contributed by atoms with E-state index >= 15 is 4.39 Å². The van der Waals surface area contributed by atoms with E-state index in [1.54, 1.807) is 16.0 Å². The molecule has 6 aliphatic rings. The van der Waals surface area contributed by atoms with Crippen LogP contribution in [0.15, 0.2) is 48.7 Å². The molecule has 3 aromatic rings. The van der Waals surface area contributed by atoms with E-state index in [9.17, 15) is 28.8 Å². The number of likely N-dealkylation sites (N-methyl/N-ethyl adjacent to an activating group) is 1. The third kappa shape index (κ3) is 6.31. The van der Waals surface area contributed by atoms with Crippen molar-refractivity contribution in [1.29, 1.82) is 0 Å². The minimum atomic E-state index is -1.13. The summed E-state index contributed by atoms with van der Waals surface area (Å²) in [5.74, 6) is -2.35. The Labute approximate surface area is 333 Å². The summed E-state index contributed by atoms with van der Waals surface area (Å²) in [5.41, 5.74) is 2.69. The molecule has 296 valence electrons. The molecule has 5 aliphatic heterocycles. The van der Waals surface area contributed by atoms with Crippen LogP contribution in [0.4, 0.5) is 21.6 Å². The Balaban J connectivity index is 0.806. The Hall–Kier alpha value is -5.41. The Morgan fingerprint density at radius 1 is 0.965 bits per heavy atom. The van der Waals surface area contributed by atoms with E-state index in [4.69, 9.17) is 11.6 Å². The third-order valence-corrected chi connectivity index (χ3v) is 13.0. The standard InChI is InChI=1S/C41H42ClFN8O6/c1-47(25-10-13-48(14-11-25)32-19-28-27(18-30(32)43)39(56)51(40(28)57)31-7-8-33(52)46-38(31)55)20-34(53)49-15-16-50(35(54)21-49)26-4-2-3-24(17-26)41(23-5-6-23)22-45-37-36(41)29(42)9-12-44-37/h2-4,9,12,17-19,23,25,31H,5-8,10-11,13-16,20-22H2,1H3,(H,44,45)(H,46,52,55). The zero-order valence-electron chi connectivity index (χ0n) is 31.4. The molecule has 1 aromatic heterocycles. The first-order chi connectivity index (χ1) is 27.4. The van der Waals surface area contributed by atoms with Gasteiger partial charge in [-0.2, -0.15) is 0 Å². The van der Waals surface area contributed by atoms with E-state index in [1.807, 2.05) is 35.0 Å². The number of pyridine rings is 1. The SMILES string of the molecule is CN(CC(=O)N1CCN(c2cccc(C3(C4CC4)CNc4nccc(Cl)c43)c2)C(=O)C1)C1CCN(c2cc3c(cc2F)C(=O)N(C2CCC(=O)NC2=O)C3=O)CC1.